The van der Waals surface area contributed by atoms with Gasteiger partial charge in [0.15, 0.2) is 0 Å². The summed E-state index contributed by atoms with van der Waals surface area (Å²) in [7, 11) is 0. The second-order valence-corrected chi connectivity index (χ2v) is 13.3. The zero-order chi connectivity index (χ0) is 34.2. The summed E-state index contributed by atoms with van der Waals surface area (Å²) in [5, 5.41) is 25.4. The van der Waals surface area contributed by atoms with Crippen LogP contribution in [-0.2, 0) is 25.6 Å². The summed E-state index contributed by atoms with van der Waals surface area (Å²) in [6.07, 6.45) is 2.39. The van der Waals surface area contributed by atoms with Gasteiger partial charge in [0.2, 0.25) is 23.6 Å². The smallest absolute Gasteiger partial charge is 0.257 e. The third-order valence-electron chi connectivity index (χ3n) is 9.05. The molecular formula is C34H48N6O7. The Morgan fingerprint density at radius 2 is 1.81 bits per heavy atom. The van der Waals surface area contributed by atoms with Crippen LogP contribution in [0.15, 0.2) is 28.8 Å². The SMILES string of the molecule is Cc1noc(C)c1C(=O)N[C@@H]1C[C@H]2C(=O)N[C@H](C(C)C)CC[C@@H](C)CC(=O)N[C@@H](Cc3ccc(O)cc3)C(=O)NCCCC(=O)N2C1. The normalized spacial score (nSPS) is 25.3. The van der Waals surface area contributed by atoms with Crippen LogP contribution >= 0.6 is 0 Å². The quantitative estimate of drug-likeness (QED) is 0.326. The molecule has 47 heavy (non-hydrogen) atoms. The van der Waals surface area contributed by atoms with E-state index in [1.54, 1.807) is 26.0 Å². The summed E-state index contributed by atoms with van der Waals surface area (Å²) < 4.78 is 5.14. The number of aryl methyl sites for hydroxylation is 2. The van der Waals surface area contributed by atoms with Gasteiger partial charge in [-0.25, -0.2) is 0 Å². The average Bonchev–Trinajstić information content (AvgIpc) is 3.59. The van der Waals surface area contributed by atoms with Gasteiger partial charge >= 0.3 is 0 Å². The van der Waals surface area contributed by atoms with E-state index in [9.17, 15) is 29.1 Å². The number of hydrogen-bond acceptors (Lipinski definition) is 8. The van der Waals surface area contributed by atoms with E-state index in [4.69, 9.17) is 4.52 Å². The predicted octanol–water partition coefficient (Wildman–Crippen LogP) is 2.28. The lowest BCUT2D eigenvalue weighted by molar-refractivity contribution is -0.139. The number of nitrogens with one attached hydrogen (secondary N) is 4. The van der Waals surface area contributed by atoms with E-state index in [1.165, 1.54) is 17.0 Å². The number of hydrogen-bond donors (Lipinski definition) is 5. The average molecular weight is 653 g/mol. The number of amides is 5. The van der Waals surface area contributed by atoms with Crippen molar-refractivity contribution in [2.75, 3.05) is 13.1 Å². The highest BCUT2D eigenvalue weighted by atomic mass is 16.5. The van der Waals surface area contributed by atoms with Gasteiger partial charge in [-0.3, -0.25) is 24.0 Å². The van der Waals surface area contributed by atoms with Crippen LogP contribution in [0.25, 0.3) is 0 Å². The van der Waals surface area contributed by atoms with Crippen molar-refractivity contribution in [1.82, 2.24) is 31.3 Å². The minimum absolute atomic E-state index is 0.0158. The van der Waals surface area contributed by atoms with Gasteiger partial charge in [-0.2, -0.15) is 0 Å². The second-order valence-electron chi connectivity index (χ2n) is 13.3. The molecular weight excluding hydrogens is 604 g/mol. The molecule has 0 aliphatic carbocycles. The first kappa shape index (κ1) is 35.4. The van der Waals surface area contributed by atoms with E-state index in [0.29, 0.717) is 36.3 Å². The molecule has 0 saturated carbocycles. The Morgan fingerprint density at radius 1 is 1.09 bits per heavy atom. The lowest BCUT2D eigenvalue weighted by Crippen LogP contribution is -2.50. The molecule has 5 atom stereocenters. The number of aromatic nitrogens is 1. The summed E-state index contributed by atoms with van der Waals surface area (Å²) in [6.45, 7) is 9.70. The van der Waals surface area contributed by atoms with E-state index in [-0.39, 0.29) is 91.9 Å². The zero-order valence-corrected chi connectivity index (χ0v) is 27.9. The molecule has 13 nitrogen and oxygen atoms in total. The summed E-state index contributed by atoms with van der Waals surface area (Å²) in [5.41, 5.74) is 1.58. The van der Waals surface area contributed by atoms with Crippen molar-refractivity contribution in [3.8, 4) is 5.75 Å². The maximum absolute atomic E-state index is 13.7. The molecule has 1 aromatic carbocycles. The highest BCUT2D eigenvalue weighted by Crippen LogP contribution is 2.23. The molecule has 0 bridgehead atoms. The third kappa shape index (κ3) is 9.55. The number of phenolic OH excluding ortho intramolecular Hbond substituents is 1. The Balaban J connectivity index is 1.51. The van der Waals surface area contributed by atoms with Gasteiger partial charge in [-0.15, -0.1) is 0 Å². The van der Waals surface area contributed by atoms with Gasteiger partial charge in [0, 0.05) is 44.4 Å². The molecule has 0 radical (unpaired) electrons. The molecule has 0 unspecified atom stereocenters. The molecule has 5 amide bonds. The summed E-state index contributed by atoms with van der Waals surface area (Å²) in [4.78, 5) is 68.2. The minimum Gasteiger partial charge on any atom is -0.508 e. The molecule has 1 aromatic heterocycles. The van der Waals surface area contributed by atoms with Crippen LogP contribution in [0.4, 0.5) is 0 Å². The number of phenols is 1. The van der Waals surface area contributed by atoms with Crippen LogP contribution in [0.3, 0.4) is 0 Å². The van der Waals surface area contributed by atoms with Crippen LogP contribution in [0.1, 0.15) is 86.7 Å². The number of rotatable bonds is 5. The maximum Gasteiger partial charge on any atom is 0.257 e. The van der Waals surface area contributed by atoms with Crippen LogP contribution in [0.2, 0.25) is 0 Å². The molecule has 256 valence electrons. The number of nitrogens with zero attached hydrogens (tertiary/aromatic N) is 2. The van der Waals surface area contributed by atoms with Gasteiger partial charge in [0.25, 0.3) is 5.91 Å². The van der Waals surface area contributed by atoms with Crippen LogP contribution in [0, 0.1) is 25.7 Å². The Hall–Kier alpha value is -4.42. The molecule has 3 heterocycles. The van der Waals surface area contributed by atoms with Crippen LogP contribution < -0.4 is 21.3 Å². The van der Waals surface area contributed by atoms with E-state index >= 15 is 0 Å². The minimum atomic E-state index is -0.832. The topological polar surface area (TPSA) is 183 Å². The van der Waals surface area contributed by atoms with Crippen molar-refractivity contribution >= 4 is 29.5 Å². The van der Waals surface area contributed by atoms with Gasteiger partial charge in [0.05, 0.1) is 5.69 Å². The van der Waals surface area contributed by atoms with Crippen molar-refractivity contribution in [3.05, 3.63) is 46.8 Å². The van der Waals surface area contributed by atoms with E-state index in [0.717, 1.165) is 5.56 Å². The van der Waals surface area contributed by atoms with Crippen molar-refractivity contribution in [2.24, 2.45) is 11.8 Å². The molecule has 5 N–H and O–H groups in total. The van der Waals surface area contributed by atoms with E-state index in [1.807, 2.05) is 20.8 Å². The van der Waals surface area contributed by atoms with Gasteiger partial charge in [-0.05, 0) is 69.1 Å². The van der Waals surface area contributed by atoms with Gasteiger partial charge < -0.3 is 35.8 Å². The molecule has 2 aliphatic rings. The highest BCUT2D eigenvalue weighted by Gasteiger charge is 2.41. The fourth-order valence-electron chi connectivity index (χ4n) is 6.31. The van der Waals surface area contributed by atoms with Crippen LogP contribution in [0.5, 0.6) is 5.75 Å². The Kier molecular flexibility index (Phi) is 12.0. The molecule has 0 spiro atoms. The summed E-state index contributed by atoms with van der Waals surface area (Å²) >= 11 is 0. The fraction of sp³-hybridized carbons (Fsp3) is 0.588. The molecule has 13 heteroatoms. The summed E-state index contributed by atoms with van der Waals surface area (Å²) in [5.74, 6) is -0.925. The number of aromatic hydroxyl groups is 1. The first-order chi connectivity index (χ1) is 22.3. The highest BCUT2D eigenvalue weighted by molar-refractivity contribution is 5.96. The lowest BCUT2D eigenvalue weighted by Gasteiger charge is -2.29. The largest absolute Gasteiger partial charge is 0.508 e. The Labute approximate surface area is 275 Å². The lowest BCUT2D eigenvalue weighted by atomic mass is 9.92. The molecule has 2 aromatic rings. The summed E-state index contributed by atoms with van der Waals surface area (Å²) in [6, 6.07) is 4.23. The molecule has 2 aliphatic heterocycles. The van der Waals surface area contributed by atoms with E-state index < -0.39 is 18.1 Å². The maximum atomic E-state index is 13.7. The number of benzene rings is 1. The predicted molar refractivity (Wildman–Crippen MR) is 173 cm³/mol. The molecule has 4 rings (SSSR count). The van der Waals surface area contributed by atoms with E-state index in [2.05, 4.69) is 26.4 Å². The fourth-order valence-corrected chi connectivity index (χ4v) is 6.31. The van der Waals surface area contributed by atoms with Crippen molar-refractivity contribution in [1.29, 1.82) is 0 Å². The van der Waals surface area contributed by atoms with Gasteiger partial charge in [-0.1, -0.05) is 38.1 Å². The monoisotopic (exact) mass is 652 g/mol. The molecule has 2 fully saturated rings. The molecule has 2 saturated heterocycles. The standard InChI is InChI=1S/C34H48N6O7/c1-19(2)26-13-8-20(3)15-29(42)37-27(16-23-9-11-25(41)12-10-23)32(44)35-14-6-7-30(43)40-18-24(17-28(40)33(45)38-26)36-34(46)31-21(4)39-47-22(31)5/h9-12,19-20,24,26-28,41H,6-8,13-18H2,1-5H3,(H,35,44)(H,36,46)(H,37,42)(H,38,45)/t20-,24-,26+,27+,28+/m1/s1. The van der Waals surface area contributed by atoms with Gasteiger partial charge in [0.1, 0.15) is 29.2 Å². The second kappa shape index (κ2) is 15.9. The first-order valence-corrected chi connectivity index (χ1v) is 16.5. The number of fused-ring (bicyclic) bond motifs is 1. The third-order valence-corrected chi connectivity index (χ3v) is 9.05. The van der Waals surface area contributed by atoms with Crippen molar-refractivity contribution < 1.29 is 33.6 Å². The Bertz CT molecular complexity index is 1420. The van der Waals surface area contributed by atoms with Crippen molar-refractivity contribution in [2.45, 2.75) is 104 Å². The van der Waals surface area contributed by atoms with Crippen molar-refractivity contribution in [3.63, 3.8) is 0 Å². The first-order valence-electron chi connectivity index (χ1n) is 16.5. The number of carbonyl (C=O) groups is 5. The van der Waals surface area contributed by atoms with Crippen LogP contribution in [-0.4, -0.2) is 82.0 Å². The number of carbonyl (C=O) groups excluding carboxylic acids is 5. The zero-order valence-electron chi connectivity index (χ0n) is 27.9. The Morgan fingerprint density at radius 3 is 2.47 bits per heavy atom.